The zero-order valence-corrected chi connectivity index (χ0v) is 11.3. The van der Waals surface area contributed by atoms with E-state index in [4.69, 9.17) is 0 Å². The van der Waals surface area contributed by atoms with Crippen LogP contribution in [-0.2, 0) is 6.42 Å². The van der Waals surface area contributed by atoms with Crippen LogP contribution in [0.15, 0.2) is 68.0 Å². The number of hydrogen-bond acceptors (Lipinski definition) is 2. The second kappa shape index (κ2) is 6.52. The van der Waals surface area contributed by atoms with E-state index in [-0.39, 0.29) is 5.91 Å². The lowest BCUT2D eigenvalue weighted by Gasteiger charge is -2.22. The third kappa shape index (κ3) is 2.85. The molecule has 2 aromatic rings. The van der Waals surface area contributed by atoms with Gasteiger partial charge < -0.3 is 0 Å². The molecule has 0 bridgehead atoms. The number of amides is 1. The first-order chi connectivity index (χ1) is 9.77. The quantitative estimate of drug-likeness (QED) is 0.754. The summed E-state index contributed by atoms with van der Waals surface area (Å²) < 4.78 is 0. The van der Waals surface area contributed by atoms with E-state index in [1.807, 2.05) is 24.3 Å². The first-order valence-corrected chi connectivity index (χ1v) is 6.39. The lowest BCUT2D eigenvalue weighted by Crippen LogP contribution is -2.41. The van der Waals surface area contributed by atoms with Gasteiger partial charge in [-0.3, -0.25) is 4.79 Å². The van der Waals surface area contributed by atoms with E-state index in [9.17, 15) is 4.79 Å². The molecule has 102 valence electrons. The molecule has 20 heavy (non-hydrogen) atoms. The van der Waals surface area contributed by atoms with E-state index in [1.54, 1.807) is 30.6 Å². The van der Waals surface area contributed by atoms with Crippen molar-refractivity contribution in [3.63, 3.8) is 0 Å². The van der Waals surface area contributed by atoms with Crippen LogP contribution in [0.1, 0.15) is 15.9 Å². The van der Waals surface area contributed by atoms with E-state index in [0.717, 1.165) is 5.56 Å². The maximum absolute atomic E-state index is 12.7. The zero-order chi connectivity index (χ0) is 14.4. The minimum absolute atomic E-state index is 0.106. The monoisotopic (exact) mass is 267 g/mol. The molecule has 0 saturated carbocycles. The van der Waals surface area contributed by atoms with Crippen LogP contribution in [0.2, 0.25) is 0 Å². The molecule has 1 aromatic carbocycles. The van der Waals surface area contributed by atoms with Crippen molar-refractivity contribution in [2.75, 3.05) is 11.6 Å². The molecule has 0 atom stereocenters. The second-order valence-corrected chi connectivity index (χ2v) is 4.25. The van der Waals surface area contributed by atoms with Crippen LogP contribution in [0.4, 0.5) is 0 Å². The molecule has 1 aromatic heterocycles. The van der Waals surface area contributed by atoms with E-state index in [1.165, 1.54) is 9.80 Å². The molecule has 0 N–H and O–H groups in total. The molecule has 4 heteroatoms. The van der Waals surface area contributed by atoms with Gasteiger partial charge in [-0.1, -0.05) is 30.4 Å². The van der Waals surface area contributed by atoms with Crippen LogP contribution in [0.5, 0.6) is 0 Å². The molecule has 0 unspecified atom stereocenters. The molecule has 0 aliphatic heterocycles. The van der Waals surface area contributed by atoms with Crippen LogP contribution >= 0.6 is 0 Å². The first kappa shape index (κ1) is 13.8. The third-order valence-electron chi connectivity index (χ3n) is 2.89. The summed E-state index contributed by atoms with van der Waals surface area (Å²) >= 11 is 0. The summed E-state index contributed by atoms with van der Waals surface area (Å²) in [5.41, 5.74) is 1.61. The molecule has 1 heterocycles. The Balaban J connectivity index is 2.37. The molecule has 0 spiro atoms. The van der Waals surface area contributed by atoms with Crippen molar-refractivity contribution >= 4 is 5.91 Å². The van der Waals surface area contributed by atoms with Gasteiger partial charge in [0.15, 0.2) is 0 Å². The van der Waals surface area contributed by atoms with Crippen LogP contribution in [0.25, 0.3) is 0 Å². The normalized spacial score (nSPS) is 10.0. The summed E-state index contributed by atoms with van der Waals surface area (Å²) in [4.78, 5) is 14.2. The molecular weight excluding hydrogens is 250 g/mol. The Hall–Kier alpha value is -2.62. The van der Waals surface area contributed by atoms with Gasteiger partial charge in [0.25, 0.3) is 5.91 Å². The van der Waals surface area contributed by atoms with E-state index in [0.29, 0.717) is 18.5 Å². The lowest BCUT2D eigenvalue weighted by atomic mass is 10.0. The molecule has 2 rings (SSSR count). The smallest absolute Gasteiger partial charge is 0.267 e. The van der Waals surface area contributed by atoms with Crippen molar-refractivity contribution in [2.24, 2.45) is 0 Å². The first-order valence-electron chi connectivity index (χ1n) is 6.39. The topological polar surface area (TPSA) is 38.1 Å². The fraction of sp³-hybridized carbons (Fsp3) is 0.125. The molecule has 1 amide bonds. The molecule has 0 saturated heterocycles. The fourth-order valence-electron chi connectivity index (χ4n) is 1.99. The Kier molecular flexibility index (Phi) is 4.50. The summed E-state index contributed by atoms with van der Waals surface area (Å²) in [6.07, 6.45) is 7.49. The minimum Gasteiger partial charge on any atom is -0.267 e. The van der Waals surface area contributed by atoms with Crippen molar-refractivity contribution in [1.29, 1.82) is 0 Å². The summed E-state index contributed by atoms with van der Waals surface area (Å²) in [6, 6.07) is 9.31. The highest BCUT2D eigenvalue weighted by Gasteiger charge is 2.18. The highest BCUT2D eigenvalue weighted by Crippen LogP contribution is 2.12. The number of carbonyl (C=O) groups is 1. The van der Waals surface area contributed by atoms with Crippen LogP contribution in [0.3, 0.4) is 0 Å². The van der Waals surface area contributed by atoms with Gasteiger partial charge in [-0.05, 0) is 24.1 Å². The van der Waals surface area contributed by atoms with Gasteiger partial charge in [0.1, 0.15) is 0 Å². The van der Waals surface area contributed by atoms with Crippen LogP contribution in [0, 0.1) is 0 Å². The predicted molar refractivity (Wildman–Crippen MR) is 80.2 cm³/mol. The maximum atomic E-state index is 12.7. The lowest BCUT2D eigenvalue weighted by molar-refractivity contribution is 0.0956. The standard InChI is InChI=1S/C16H17N3O/c1-3-8-14-9-5-6-10-15(14)16(20)18(12-4-2)19-13-7-11-17-19/h3-7,9-11,13H,1-2,8,12H2. The summed E-state index contributed by atoms with van der Waals surface area (Å²) in [5.74, 6) is -0.106. The number of hydrogen-bond donors (Lipinski definition) is 0. The number of carbonyl (C=O) groups excluding carboxylic acids is 1. The molecule has 0 aliphatic carbocycles. The summed E-state index contributed by atoms with van der Waals surface area (Å²) in [6.45, 7) is 7.81. The van der Waals surface area contributed by atoms with E-state index in [2.05, 4.69) is 18.3 Å². The number of nitrogens with zero attached hydrogens (tertiary/aromatic N) is 3. The Morgan fingerprint density at radius 3 is 2.70 bits per heavy atom. The summed E-state index contributed by atoms with van der Waals surface area (Å²) in [7, 11) is 0. The van der Waals surface area contributed by atoms with E-state index < -0.39 is 0 Å². The van der Waals surface area contributed by atoms with Crippen molar-refractivity contribution in [3.8, 4) is 0 Å². The van der Waals surface area contributed by atoms with Gasteiger partial charge in [0, 0.05) is 11.8 Å². The third-order valence-corrected chi connectivity index (χ3v) is 2.89. The number of benzene rings is 1. The van der Waals surface area contributed by atoms with Crippen LogP contribution < -0.4 is 5.01 Å². The van der Waals surface area contributed by atoms with Crippen molar-refractivity contribution in [1.82, 2.24) is 9.89 Å². The van der Waals surface area contributed by atoms with E-state index >= 15 is 0 Å². The van der Waals surface area contributed by atoms with Gasteiger partial charge in [-0.2, -0.15) is 9.89 Å². The van der Waals surface area contributed by atoms with Gasteiger partial charge in [-0.25, -0.2) is 5.01 Å². The highest BCUT2D eigenvalue weighted by molar-refractivity contribution is 6.02. The average molecular weight is 267 g/mol. The molecule has 0 fully saturated rings. The van der Waals surface area contributed by atoms with Gasteiger partial charge in [0.2, 0.25) is 0 Å². The minimum atomic E-state index is -0.106. The largest absolute Gasteiger partial charge is 0.274 e. The highest BCUT2D eigenvalue weighted by atomic mass is 16.2. The molecule has 0 aliphatic rings. The van der Waals surface area contributed by atoms with Crippen LogP contribution in [-0.4, -0.2) is 22.3 Å². The zero-order valence-electron chi connectivity index (χ0n) is 11.3. The van der Waals surface area contributed by atoms with Gasteiger partial charge in [-0.15, -0.1) is 13.2 Å². The van der Waals surface area contributed by atoms with Gasteiger partial charge >= 0.3 is 0 Å². The predicted octanol–water partition coefficient (Wildman–Crippen LogP) is 2.58. The molecule has 4 nitrogen and oxygen atoms in total. The van der Waals surface area contributed by atoms with Crippen molar-refractivity contribution in [2.45, 2.75) is 6.42 Å². The Labute approximate surface area is 118 Å². The van der Waals surface area contributed by atoms with Crippen molar-refractivity contribution < 1.29 is 4.79 Å². The second-order valence-electron chi connectivity index (χ2n) is 4.25. The van der Waals surface area contributed by atoms with Crippen molar-refractivity contribution in [3.05, 3.63) is 79.2 Å². The summed E-state index contributed by atoms with van der Waals surface area (Å²) in [5, 5.41) is 5.65. The average Bonchev–Trinajstić information content (AvgIpc) is 2.99. The Morgan fingerprint density at radius 2 is 2.05 bits per heavy atom. The number of aromatic nitrogens is 2. The Bertz CT molecular complexity index is 602. The maximum Gasteiger partial charge on any atom is 0.274 e. The SMILES string of the molecule is C=CCc1ccccc1C(=O)N(CC=C)n1cccn1. The van der Waals surface area contributed by atoms with Gasteiger partial charge in [0.05, 0.1) is 12.7 Å². The number of rotatable bonds is 6. The number of allylic oxidation sites excluding steroid dienone is 1. The fourth-order valence-corrected chi connectivity index (χ4v) is 1.99. The molecule has 0 radical (unpaired) electrons. The Morgan fingerprint density at radius 1 is 1.25 bits per heavy atom. The molecular formula is C16H17N3O.